The van der Waals surface area contributed by atoms with E-state index in [2.05, 4.69) is 242 Å². The highest BCUT2D eigenvalue weighted by atomic mass is 32.1. The first-order valence-electron chi connectivity index (χ1n) is 23.1. The minimum Gasteiger partial charge on any atom is -0.455 e. The molecule has 0 unspecified atom stereocenters. The molecule has 0 N–H and O–H groups in total. The zero-order valence-electron chi connectivity index (χ0n) is 37.0. The van der Waals surface area contributed by atoms with E-state index in [1.165, 1.54) is 69.8 Å². The van der Waals surface area contributed by atoms with Gasteiger partial charge in [-0.05, 0) is 101 Å². The van der Waals surface area contributed by atoms with Gasteiger partial charge in [-0.25, -0.2) is 0 Å². The van der Waals surface area contributed by atoms with Crippen LogP contribution in [-0.2, 0) is 5.41 Å². The molecule has 14 rings (SSSR count). The number of furan rings is 1. The first kappa shape index (κ1) is 38.1. The van der Waals surface area contributed by atoms with Crippen LogP contribution < -0.4 is 4.90 Å². The summed E-state index contributed by atoms with van der Waals surface area (Å²) in [6, 6.07) is 80.1. The SMILES string of the molecule is CC1(C)c2ccccc2-c2ccc(-c3ccccc3N(c3ccc4sc5ccccc5c4c3)c3ccc(-c4ccccc4-n4c5ccccc5c5ccccc54)c4oc5ccccc5c34)cc21. The van der Waals surface area contributed by atoms with Crippen molar-refractivity contribution in [2.24, 2.45) is 0 Å². The summed E-state index contributed by atoms with van der Waals surface area (Å²) in [5, 5.41) is 7.14. The van der Waals surface area contributed by atoms with Crippen LogP contribution in [0.2, 0.25) is 0 Å². The third-order valence-electron chi connectivity index (χ3n) is 14.4. The van der Waals surface area contributed by atoms with Crippen molar-refractivity contribution in [2.45, 2.75) is 19.3 Å². The van der Waals surface area contributed by atoms with E-state index in [4.69, 9.17) is 4.42 Å². The van der Waals surface area contributed by atoms with Gasteiger partial charge in [0.2, 0.25) is 0 Å². The molecule has 10 aromatic carbocycles. The maximum Gasteiger partial charge on any atom is 0.145 e. The summed E-state index contributed by atoms with van der Waals surface area (Å²) < 4.78 is 12.1. The molecule has 1 aliphatic rings. The summed E-state index contributed by atoms with van der Waals surface area (Å²) in [5.41, 5.74) is 18.1. The van der Waals surface area contributed by atoms with Gasteiger partial charge >= 0.3 is 0 Å². The van der Waals surface area contributed by atoms with Crippen LogP contribution in [0.15, 0.2) is 223 Å². The molecule has 0 amide bonds. The molecule has 0 aliphatic heterocycles. The Hall–Kier alpha value is -8.18. The molecule has 67 heavy (non-hydrogen) atoms. The normalized spacial score (nSPS) is 13.0. The van der Waals surface area contributed by atoms with Gasteiger partial charge in [0.05, 0.1) is 33.5 Å². The van der Waals surface area contributed by atoms with E-state index in [0.29, 0.717) is 0 Å². The van der Waals surface area contributed by atoms with Gasteiger partial charge in [-0.3, -0.25) is 0 Å². The lowest BCUT2D eigenvalue weighted by Crippen LogP contribution is -2.15. The summed E-state index contributed by atoms with van der Waals surface area (Å²) >= 11 is 1.85. The summed E-state index contributed by atoms with van der Waals surface area (Å²) in [4.78, 5) is 2.49. The zero-order chi connectivity index (χ0) is 44.4. The Morgan fingerprint density at radius 2 is 1.04 bits per heavy atom. The second-order valence-electron chi connectivity index (χ2n) is 18.4. The molecule has 316 valence electrons. The topological polar surface area (TPSA) is 21.3 Å². The Kier molecular flexibility index (Phi) is 8.20. The Morgan fingerprint density at radius 3 is 1.87 bits per heavy atom. The molecule has 3 heterocycles. The predicted octanol–water partition coefficient (Wildman–Crippen LogP) is 18.2. The molecular weight excluding hydrogens is 833 g/mol. The Bertz CT molecular complexity index is 4110. The van der Waals surface area contributed by atoms with Crippen molar-refractivity contribution >= 4 is 92.3 Å². The van der Waals surface area contributed by atoms with Crippen LogP contribution >= 0.6 is 11.3 Å². The van der Waals surface area contributed by atoms with Crippen molar-refractivity contribution in [3.05, 3.63) is 230 Å². The van der Waals surface area contributed by atoms with Crippen LogP contribution in [0.4, 0.5) is 17.1 Å². The van der Waals surface area contributed by atoms with Crippen molar-refractivity contribution in [1.82, 2.24) is 4.57 Å². The lowest BCUT2D eigenvalue weighted by atomic mass is 9.81. The number of hydrogen-bond donors (Lipinski definition) is 0. The van der Waals surface area contributed by atoms with Gasteiger partial charge < -0.3 is 13.9 Å². The number of para-hydroxylation sites is 5. The second kappa shape index (κ2) is 14.4. The van der Waals surface area contributed by atoms with Gasteiger partial charge in [0.25, 0.3) is 0 Å². The molecule has 0 radical (unpaired) electrons. The highest BCUT2D eigenvalue weighted by Gasteiger charge is 2.36. The van der Waals surface area contributed by atoms with Crippen molar-refractivity contribution in [3.63, 3.8) is 0 Å². The van der Waals surface area contributed by atoms with Crippen molar-refractivity contribution in [3.8, 4) is 39.1 Å². The van der Waals surface area contributed by atoms with Crippen LogP contribution in [0.5, 0.6) is 0 Å². The molecule has 0 fully saturated rings. The van der Waals surface area contributed by atoms with E-state index in [1.807, 2.05) is 11.3 Å². The Morgan fingerprint density at radius 1 is 0.433 bits per heavy atom. The van der Waals surface area contributed by atoms with Gasteiger partial charge in [-0.1, -0.05) is 159 Å². The van der Waals surface area contributed by atoms with Crippen LogP contribution in [-0.4, -0.2) is 4.57 Å². The summed E-state index contributed by atoms with van der Waals surface area (Å²) in [5.74, 6) is 0. The average molecular weight is 875 g/mol. The highest BCUT2D eigenvalue weighted by Crippen LogP contribution is 2.53. The number of rotatable bonds is 6. The number of nitrogens with zero attached hydrogens (tertiary/aromatic N) is 2. The standard InChI is InChI=1S/C63H42N2OS/c1-63(2)51-24-10-3-18-42(51)43-33-31-39(37-52(43)63)41-17-4-11-25-53(41)64(40-32-36-60-50(38-40)47-22-9-16-30-59(47)67-60)57-35-34-48(62-61(57)49-23-8-15-29-58(49)66-62)46-21-7-14-28-56(46)65-54-26-12-5-19-44(54)45-20-6-13-27-55(45)65/h3-38H,1-2H3. The highest BCUT2D eigenvalue weighted by molar-refractivity contribution is 7.25. The monoisotopic (exact) mass is 874 g/mol. The smallest absolute Gasteiger partial charge is 0.145 e. The first-order chi connectivity index (χ1) is 33.0. The van der Waals surface area contributed by atoms with Crippen molar-refractivity contribution < 1.29 is 4.42 Å². The van der Waals surface area contributed by atoms with Crippen molar-refractivity contribution in [2.75, 3.05) is 4.90 Å². The molecule has 1 aliphatic carbocycles. The number of benzene rings is 10. The van der Waals surface area contributed by atoms with Gasteiger partial charge in [0.15, 0.2) is 0 Å². The van der Waals surface area contributed by atoms with E-state index in [1.54, 1.807) is 0 Å². The minimum atomic E-state index is -0.130. The average Bonchev–Trinajstić information content (AvgIpc) is 4.11. The molecule has 0 saturated carbocycles. The maximum absolute atomic E-state index is 7.15. The maximum atomic E-state index is 7.15. The molecular formula is C63H42N2OS. The lowest BCUT2D eigenvalue weighted by molar-refractivity contribution is 0.660. The van der Waals surface area contributed by atoms with Gasteiger partial charge in [0, 0.05) is 64.1 Å². The molecule has 0 saturated heterocycles. The van der Waals surface area contributed by atoms with Crippen LogP contribution in [0.25, 0.3) is 103 Å². The third-order valence-corrected chi connectivity index (χ3v) is 15.6. The third kappa shape index (κ3) is 5.57. The summed E-state index contributed by atoms with van der Waals surface area (Å²) in [6.07, 6.45) is 0. The number of anilines is 3. The van der Waals surface area contributed by atoms with E-state index in [0.717, 1.165) is 61.4 Å². The first-order valence-corrected chi connectivity index (χ1v) is 23.9. The Labute approximate surface area is 392 Å². The number of fused-ring (bicyclic) bond motifs is 12. The summed E-state index contributed by atoms with van der Waals surface area (Å²) in [6.45, 7) is 4.73. The van der Waals surface area contributed by atoms with Gasteiger partial charge in [-0.15, -0.1) is 11.3 Å². The fourth-order valence-electron chi connectivity index (χ4n) is 11.3. The van der Waals surface area contributed by atoms with E-state index in [9.17, 15) is 0 Å². The quantitative estimate of drug-likeness (QED) is 0.166. The minimum absolute atomic E-state index is 0.130. The predicted molar refractivity (Wildman–Crippen MR) is 284 cm³/mol. The largest absolute Gasteiger partial charge is 0.455 e. The molecule has 13 aromatic rings. The second-order valence-corrected chi connectivity index (χ2v) is 19.5. The number of thiophene rings is 1. The van der Waals surface area contributed by atoms with E-state index < -0.39 is 0 Å². The van der Waals surface area contributed by atoms with Gasteiger partial charge in [0.1, 0.15) is 11.2 Å². The molecule has 4 heteroatoms. The molecule has 3 nitrogen and oxygen atoms in total. The van der Waals surface area contributed by atoms with E-state index >= 15 is 0 Å². The lowest BCUT2D eigenvalue weighted by Gasteiger charge is -2.29. The number of hydrogen-bond acceptors (Lipinski definition) is 3. The van der Waals surface area contributed by atoms with Crippen LogP contribution in [0, 0.1) is 0 Å². The fraction of sp³-hybridized carbons (Fsp3) is 0.0476. The molecule has 3 aromatic heterocycles. The zero-order valence-corrected chi connectivity index (χ0v) is 37.8. The van der Waals surface area contributed by atoms with Gasteiger partial charge in [-0.2, -0.15) is 0 Å². The molecule has 0 spiro atoms. The van der Waals surface area contributed by atoms with Crippen molar-refractivity contribution in [1.29, 1.82) is 0 Å². The Balaban J connectivity index is 1.04. The van der Waals surface area contributed by atoms with Crippen LogP contribution in [0.1, 0.15) is 25.0 Å². The molecule has 0 atom stereocenters. The summed E-state index contributed by atoms with van der Waals surface area (Å²) in [7, 11) is 0. The number of aromatic nitrogens is 1. The molecule has 0 bridgehead atoms. The fourth-order valence-corrected chi connectivity index (χ4v) is 12.4. The van der Waals surface area contributed by atoms with E-state index in [-0.39, 0.29) is 5.41 Å². The van der Waals surface area contributed by atoms with Crippen LogP contribution in [0.3, 0.4) is 0 Å².